The molecule has 2 aromatic rings. The van der Waals surface area contributed by atoms with Crippen molar-refractivity contribution in [1.29, 1.82) is 5.26 Å². The topological polar surface area (TPSA) is 74.1 Å². The Morgan fingerprint density at radius 2 is 2.05 bits per heavy atom. The van der Waals surface area contributed by atoms with Crippen LogP contribution in [0.4, 0.5) is 5.69 Å². The van der Waals surface area contributed by atoms with Gasteiger partial charge >= 0.3 is 0 Å². The highest BCUT2D eigenvalue weighted by atomic mass is 32.2. The smallest absolute Gasteiger partial charge is 0.153 e. The van der Waals surface area contributed by atoms with Gasteiger partial charge in [0.2, 0.25) is 0 Å². The van der Waals surface area contributed by atoms with Crippen LogP contribution in [0.25, 0.3) is 0 Å². The van der Waals surface area contributed by atoms with E-state index in [2.05, 4.69) is 11.1 Å². The summed E-state index contributed by atoms with van der Waals surface area (Å²) in [5.41, 5.74) is 1.72. The predicted molar refractivity (Wildman–Crippen MR) is 83.8 cm³/mol. The Morgan fingerprint density at radius 1 is 1.33 bits per heavy atom. The Bertz CT molecular complexity index is 733. The minimum Gasteiger partial charge on any atom is -0.352 e. The molecule has 0 spiro atoms. The van der Waals surface area contributed by atoms with Crippen LogP contribution in [0, 0.1) is 11.3 Å². The summed E-state index contributed by atoms with van der Waals surface area (Å²) in [6.45, 7) is 0.737. The summed E-state index contributed by atoms with van der Waals surface area (Å²) in [7, 11) is -3.07. The zero-order valence-electron chi connectivity index (χ0n) is 11.6. The van der Waals surface area contributed by atoms with Gasteiger partial charge in [-0.2, -0.15) is 5.26 Å². The van der Waals surface area contributed by atoms with E-state index in [1.807, 2.05) is 40.6 Å². The quantitative estimate of drug-likeness (QED) is 0.763. The standard InChI is InChI=1S/C14H15N3O2S2/c1-21(18,19)11-14-16-12(10-20-14)9-17(8-7-15)13-5-3-2-4-6-13/h2-6,10H,8-9,11H2,1H3. The van der Waals surface area contributed by atoms with E-state index in [4.69, 9.17) is 5.26 Å². The molecule has 0 radical (unpaired) electrons. The van der Waals surface area contributed by atoms with Gasteiger partial charge in [-0.1, -0.05) is 18.2 Å². The Labute approximate surface area is 128 Å². The molecule has 2 rings (SSSR count). The SMILES string of the molecule is CS(=O)(=O)Cc1nc(CN(CC#N)c2ccccc2)cs1. The van der Waals surface area contributed by atoms with Crippen molar-refractivity contribution in [2.45, 2.75) is 12.3 Å². The van der Waals surface area contributed by atoms with Gasteiger partial charge in [0.05, 0.1) is 18.3 Å². The molecular formula is C14H15N3O2S2. The molecular weight excluding hydrogens is 306 g/mol. The van der Waals surface area contributed by atoms with E-state index in [0.717, 1.165) is 11.4 Å². The molecule has 0 atom stereocenters. The van der Waals surface area contributed by atoms with Crippen LogP contribution in [0.1, 0.15) is 10.7 Å². The van der Waals surface area contributed by atoms with E-state index in [1.54, 1.807) is 0 Å². The van der Waals surface area contributed by atoms with Gasteiger partial charge in [-0.25, -0.2) is 13.4 Å². The molecule has 1 aromatic carbocycles. The van der Waals surface area contributed by atoms with Crippen molar-refractivity contribution in [3.8, 4) is 6.07 Å². The Kier molecular flexibility index (Phi) is 4.94. The highest BCUT2D eigenvalue weighted by molar-refractivity contribution is 7.90. The number of benzene rings is 1. The third-order valence-corrected chi connectivity index (χ3v) is 4.60. The first kappa shape index (κ1) is 15.5. The highest BCUT2D eigenvalue weighted by Crippen LogP contribution is 2.19. The second kappa shape index (κ2) is 6.70. The van der Waals surface area contributed by atoms with Gasteiger partial charge < -0.3 is 4.90 Å². The number of anilines is 1. The average Bonchev–Trinajstić information content (AvgIpc) is 2.84. The second-order valence-electron chi connectivity index (χ2n) is 4.65. The van der Waals surface area contributed by atoms with Crippen molar-refractivity contribution >= 4 is 26.9 Å². The summed E-state index contributed by atoms with van der Waals surface area (Å²) < 4.78 is 22.5. The lowest BCUT2D eigenvalue weighted by molar-refractivity contribution is 0.601. The van der Waals surface area contributed by atoms with Crippen LogP contribution in [0.2, 0.25) is 0 Å². The maximum Gasteiger partial charge on any atom is 0.153 e. The number of para-hydroxylation sites is 1. The third-order valence-electron chi connectivity index (χ3n) is 2.72. The van der Waals surface area contributed by atoms with Crippen molar-refractivity contribution in [3.05, 3.63) is 46.4 Å². The molecule has 0 N–H and O–H groups in total. The van der Waals surface area contributed by atoms with Gasteiger partial charge in [0.1, 0.15) is 17.3 Å². The number of rotatable bonds is 6. The van der Waals surface area contributed by atoms with Gasteiger partial charge in [0, 0.05) is 17.3 Å². The second-order valence-corrected chi connectivity index (χ2v) is 7.74. The summed E-state index contributed by atoms with van der Waals surface area (Å²) in [4.78, 5) is 6.23. The fourth-order valence-corrected chi connectivity index (χ4v) is 3.87. The number of hydrogen-bond acceptors (Lipinski definition) is 6. The summed E-state index contributed by atoms with van der Waals surface area (Å²) in [5.74, 6) is -0.0404. The van der Waals surface area contributed by atoms with E-state index < -0.39 is 9.84 Å². The Balaban J connectivity index is 2.13. The minimum atomic E-state index is -3.07. The van der Waals surface area contributed by atoms with Crippen molar-refractivity contribution in [2.24, 2.45) is 0 Å². The lowest BCUT2D eigenvalue weighted by atomic mass is 10.2. The highest BCUT2D eigenvalue weighted by Gasteiger charge is 2.12. The average molecular weight is 321 g/mol. The monoisotopic (exact) mass is 321 g/mol. The molecule has 7 heteroatoms. The number of sulfone groups is 1. The molecule has 0 amide bonds. The zero-order chi connectivity index (χ0) is 15.3. The minimum absolute atomic E-state index is 0.0404. The van der Waals surface area contributed by atoms with Crippen LogP contribution in [-0.2, 0) is 22.1 Å². The largest absolute Gasteiger partial charge is 0.352 e. The van der Waals surface area contributed by atoms with Crippen LogP contribution < -0.4 is 4.90 Å². The molecule has 0 aliphatic rings. The fraction of sp³-hybridized carbons (Fsp3) is 0.286. The first-order chi connectivity index (χ1) is 9.98. The van der Waals surface area contributed by atoms with E-state index in [-0.39, 0.29) is 12.3 Å². The van der Waals surface area contributed by atoms with Crippen LogP contribution in [0.3, 0.4) is 0 Å². The molecule has 0 aliphatic heterocycles. The van der Waals surface area contributed by atoms with Crippen molar-refractivity contribution in [1.82, 2.24) is 4.98 Å². The Hall–Kier alpha value is -1.91. The van der Waals surface area contributed by atoms with Gasteiger partial charge in [0.25, 0.3) is 0 Å². The zero-order valence-corrected chi connectivity index (χ0v) is 13.2. The third kappa shape index (κ3) is 4.85. The molecule has 0 saturated heterocycles. The lowest BCUT2D eigenvalue weighted by Crippen LogP contribution is -2.23. The molecule has 0 fully saturated rings. The summed E-state index contributed by atoms with van der Waals surface area (Å²) in [6, 6.07) is 11.7. The van der Waals surface area contributed by atoms with Crippen molar-refractivity contribution < 1.29 is 8.42 Å². The molecule has 5 nitrogen and oxygen atoms in total. The number of hydrogen-bond donors (Lipinski definition) is 0. The van der Waals surface area contributed by atoms with Crippen LogP contribution in [0.5, 0.6) is 0 Å². The molecule has 1 aromatic heterocycles. The molecule has 0 bridgehead atoms. The molecule has 0 saturated carbocycles. The molecule has 0 aliphatic carbocycles. The number of thiazole rings is 1. The van der Waals surface area contributed by atoms with Crippen molar-refractivity contribution in [3.63, 3.8) is 0 Å². The normalized spacial score (nSPS) is 11.0. The van der Waals surface area contributed by atoms with Crippen LogP contribution in [-0.4, -0.2) is 26.2 Å². The van der Waals surface area contributed by atoms with Gasteiger partial charge in [-0.3, -0.25) is 0 Å². The lowest BCUT2D eigenvalue weighted by Gasteiger charge is -2.20. The van der Waals surface area contributed by atoms with Crippen LogP contribution >= 0.6 is 11.3 Å². The number of nitrogens with zero attached hydrogens (tertiary/aromatic N) is 3. The van der Waals surface area contributed by atoms with Crippen LogP contribution in [0.15, 0.2) is 35.7 Å². The molecule has 21 heavy (non-hydrogen) atoms. The first-order valence-corrected chi connectivity index (χ1v) is 9.20. The Morgan fingerprint density at radius 3 is 2.67 bits per heavy atom. The summed E-state index contributed by atoms with van der Waals surface area (Å²) in [6.07, 6.45) is 1.19. The maximum absolute atomic E-state index is 11.3. The van der Waals surface area contributed by atoms with Gasteiger partial charge in [-0.05, 0) is 12.1 Å². The number of nitriles is 1. The summed E-state index contributed by atoms with van der Waals surface area (Å²) in [5, 5.41) is 11.4. The summed E-state index contributed by atoms with van der Waals surface area (Å²) >= 11 is 1.33. The van der Waals surface area contributed by atoms with E-state index in [0.29, 0.717) is 11.6 Å². The maximum atomic E-state index is 11.3. The predicted octanol–water partition coefficient (Wildman–Crippen LogP) is 2.22. The van der Waals surface area contributed by atoms with Gasteiger partial charge in [0.15, 0.2) is 9.84 Å². The molecule has 1 heterocycles. The van der Waals surface area contributed by atoms with E-state index in [1.165, 1.54) is 17.6 Å². The number of aromatic nitrogens is 1. The van der Waals surface area contributed by atoms with E-state index >= 15 is 0 Å². The van der Waals surface area contributed by atoms with Gasteiger partial charge in [-0.15, -0.1) is 11.3 Å². The first-order valence-electron chi connectivity index (χ1n) is 6.26. The molecule has 0 unspecified atom stereocenters. The van der Waals surface area contributed by atoms with E-state index in [9.17, 15) is 8.42 Å². The fourth-order valence-electron chi connectivity index (χ4n) is 1.87. The van der Waals surface area contributed by atoms with Crippen molar-refractivity contribution in [2.75, 3.05) is 17.7 Å². The molecule has 110 valence electrons.